The Morgan fingerprint density at radius 2 is 1.42 bits per heavy atom. The monoisotopic (exact) mass is 689 g/mol. The van der Waals surface area contributed by atoms with E-state index in [1.165, 1.54) is 24.3 Å². The molecule has 3 aromatic carbocycles. The largest absolute Gasteiger partial charge is 0.487 e. The number of imide groups is 1. The molecule has 1 aliphatic heterocycles. The first-order valence-corrected chi connectivity index (χ1v) is 12.6. The highest BCUT2D eigenvalue weighted by Crippen LogP contribution is 2.35. The normalized spacial score (nSPS) is 14.9. The van der Waals surface area contributed by atoms with Gasteiger partial charge in [-0.2, -0.15) is 0 Å². The van der Waals surface area contributed by atoms with Gasteiger partial charge in [-0.3, -0.25) is 14.5 Å². The Balaban J connectivity index is 1.49. The third kappa shape index (κ3) is 5.93. The van der Waals surface area contributed by atoms with Gasteiger partial charge in [0.25, 0.3) is 11.1 Å². The Bertz CT molecular complexity index is 1220. The number of carbonyl (C=O) groups is 2. The quantitative estimate of drug-likeness (QED) is 0.207. The summed E-state index contributed by atoms with van der Waals surface area (Å²) in [5, 5.41) is -0.362. The molecule has 1 saturated heterocycles. The van der Waals surface area contributed by atoms with Crippen molar-refractivity contribution < 1.29 is 23.1 Å². The van der Waals surface area contributed by atoms with Crippen LogP contribution in [0.15, 0.2) is 65.6 Å². The van der Waals surface area contributed by atoms with Crippen molar-refractivity contribution >= 4 is 74.2 Å². The molecule has 1 heterocycles. The molecule has 0 spiro atoms. The van der Waals surface area contributed by atoms with Crippen LogP contribution in [0.5, 0.6) is 5.75 Å². The summed E-state index contributed by atoms with van der Waals surface area (Å²) in [7, 11) is 0. The van der Waals surface area contributed by atoms with Crippen LogP contribution in [0.2, 0.25) is 0 Å². The Kier molecular flexibility index (Phi) is 7.69. The minimum atomic E-state index is -0.379. The molecule has 4 rings (SSSR count). The number of halogens is 4. The number of ether oxygens (including phenoxy) is 1. The number of hydrogen-bond acceptors (Lipinski definition) is 4. The van der Waals surface area contributed by atoms with E-state index in [2.05, 4.69) is 45.2 Å². The first-order chi connectivity index (χ1) is 15.8. The molecule has 0 radical (unpaired) electrons. The van der Waals surface area contributed by atoms with Gasteiger partial charge in [0.15, 0.2) is 0 Å². The van der Waals surface area contributed by atoms with Gasteiger partial charge >= 0.3 is 0 Å². The van der Waals surface area contributed by atoms with Gasteiger partial charge in [0, 0.05) is 0 Å². The number of benzene rings is 3. The van der Waals surface area contributed by atoms with Crippen LogP contribution in [0.3, 0.4) is 0 Å². The van der Waals surface area contributed by atoms with E-state index < -0.39 is 0 Å². The summed E-state index contributed by atoms with van der Waals surface area (Å²) in [6, 6.07) is 15.6. The molecule has 1 aliphatic rings. The van der Waals surface area contributed by atoms with Crippen molar-refractivity contribution in [2.24, 2.45) is 0 Å². The number of amides is 2. The molecular formula is C24H15F2I2NO3S. The Hall–Kier alpha value is -1.99. The smallest absolute Gasteiger partial charge is 0.293 e. The maximum absolute atomic E-state index is 13.1. The van der Waals surface area contributed by atoms with Crippen LogP contribution in [0.4, 0.5) is 13.6 Å². The highest BCUT2D eigenvalue weighted by molar-refractivity contribution is 14.1. The van der Waals surface area contributed by atoms with Gasteiger partial charge in [0.2, 0.25) is 0 Å². The van der Waals surface area contributed by atoms with Gasteiger partial charge in [-0.1, -0.05) is 24.3 Å². The SMILES string of the molecule is O=C1SC(=Cc2cc(I)c(OCc3ccc(F)cc3)c(I)c2)C(=O)N1Cc1ccc(F)cc1. The van der Waals surface area contributed by atoms with Gasteiger partial charge in [0.05, 0.1) is 18.6 Å². The van der Waals surface area contributed by atoms with Crippen molar-refractivity contribution in [2.45, 2.75) is 13.2 Å². The molecule has 9 heteroatoms. The molecule has 0 atom stereocenters. The number of hydrogen-bond donors (Lipinski definition) is 0. The first kappa shape index (κ1) is 24.1. The number of carbonyl (C=O) groups excluding carboxylic acids is 2. The van der Waals surface area contributed by atoms with Crippen LogP contribution in [0, 0.1) is 18.8 Å². The summed E-state index contributed by atoms with van der Waals surface area (Å²) < 4.78 is 33.8. The molecule has 0 N–H and O–H groups in total. The molecule has 168 valence electrons. The molecule has 33 heavy (non-hydrogen) atoms. The Morgan fingerprint density at radius 3 is 2.00 bits per heavy atom. The maximum Gasteiger partial charge on any atom is 0.293 e. The van der Waals surface area contributed by atoms with Crippen molar-refractivity contribution in [1.29, 1.82) is 0 Å². The second-order valence-corrected chi connectivity index (χ2v) is 10.4. The number of rotatable bonds is 6. The van der Waals surface area contributed by atoms with Crippen molar-refractivity contribution in [3.05, 3.63) is 101 Å². The summed E-state index contributed by atoms with van der Waals surface area (Å²) >= 11 is 5.20. The predicted molar refractivity (Wildman–Crippen MR) is 141 cm³/mol. The Labute approximate surface area is 220 Å². The van der Waals surface area contributed by atoms with Crippen molar-refractivity contribution in [1.82, 2.24) is 4.90 Å². The molecular weight excluding hydrogens is 674 g/mol. The molecule has 1 fully saturated rings. The zero-order valence-electron chi connectivity index (χ0n) is 16.9. The summed E-state index contributed by atoms with van der Waals surface area (Å²) in [5.41, 5.74) is 2.29. The fraction of sp³-hybridized carbons (Fsp3) is 0.0833. The van der Waals surface area contributed by atoms with Crippen LogP contribution < -0.4 is 4.74 Å². The molecule has 0 aromatic heterocycles. The van der Waals surface area contributed by atoms with Gasteiger partial charge in [-0.25, -0.2) is 8.78 Å². The van der Waals surface area contributed by atoms with E-state index in [-0.39, 0.29) is 29.3 Å². The van der Waals surface area contributed by atoms with E-state index in [1.54, 1.807) is 30.3 Å². The lowest BCUT2D eigenvalue weighted by Crippen LogP contribution is -2.27. The van der Waals surface area contributed by atoms with Crippen molar-refractivity contribution in [3.63, 3.8) is 0 Å². The molecule has 3 aromatic rings. The summed E-state index contributed by atoms with van der Waals surface area (Å²) in [5.74, 6) is -0.352. The van der Waals surface area contributed by atoms with Gasteiger partial charge in [-0.05, 0) is 116 Å². The number of nitrogens with zero attached hydrogens (tertiary/aromatic N) is 1. The number of thioether (sulfide) groups is 1. The topological polar surface area (TPSA) is 46.6 Å². The summed E-state index contributed by atoms with van der Waals surface area (Å²) in [4.78, 5) is 26.7. The van der Waals surface area contributed by atoms with E-state index in [0.29, 0.717) is 22.8 Å². The average Bonchev–Trinajstić information content (AvgIpc) is 3.03. The van der Waals surface area contributed by atoms with E-state index in [0.717, 1.165) is 34.9 Å². The highest BCUT2D eigenvalue weighted by Gasteiger charge is 2.35. The molecule has 4 nitrogen and oxygen atoms in total. The lowest BCUT2D eigenvalue weighted by Gasteiger charge is -2.13. The van der Waals surface area contributed by atoms with Crippen LogP contribution in [0.1, 0.15) is 16.7 Å². The van der Waals surface area contributed by atoms with Gasteiger partial charge in [-0.15, -0.1) is 0 Å². The van der Waals surface area contributed by atoms with E-state index in [1.807, 2.05) is 12.1 Å². The molecule has 0 aliphatic carbocycles. The van der Waals surface area contributed by atoms with Crippen LogP contribution in [0.25, 0.3) is 6.08 Å². The maximum atomic E-state index is 13.1. The minimum absolute atomic E-state index is 0.0908. The third-order valence-electron chi connectivity index (χ3n) is 4.74. The third-order valence-corrected chi connectivity index (χ3v) is 7.25. The van der Waals surface area contributed by atoms with Gasteiger partial charge < -0.3 is 4.74 Å². The molecule has 0 saturated carbocycles. The van der Waals surface area contributed by atoms with E-state index in [9.17, 15) is 18.4 Å². The molecule has 0 bridgehead atoms. The van der Waals surface area contributed by atoms with Gasteiger partial charge in [0.1, 0.15) is 24.0 Å². The second-order valence-electron chi connectivity index (χ2n) is 7.12. The fourth-order valence-electron chi connectivity index (χ4n) is 3.10. The second kappa shape index (κ2) is 10.5. The average molecular weight is 689 g/mol. The zero-order valence-corrected chi connectivity index (χ0v) is 22.0. The summed E-state index contributed by atoms with van der Waals surface area (Å²) in [6.07, 6.45) is 1.68. The first-order valence-electron chi connectivity index (χ1n) is 9.66. The standard InChI is InChI=1S/C24H15F2I2NO3S/c25-17-5-1-14(2-6-17)12-29-23(30)21(33-24(29)31)11-16-9-19(27)22(20(28)10-16)32-13-15-3-7-18(26)8-4-15/h1-11H,12-13H2. The minimum Gasteiger partial charge on any atom is -0.487 e. The lowest BCUT2D eigenvalue weighted by molar-refractivity contribution is -0.123. The van der Waals surface area contributed by atoms with E-state index >= 15 is 0 Å². The Morgan fingerprint density at radius 1 is 0.879 bits per heavy atom. The van der Waals surface area contributed by atoms with E-state index in [4.69, 9.17) is 4.74 Å². The fourth-order valence-corrected chi connectivity index (χ4v) is 6.06. The van der Waals surface area contributed by atoms with Crippen molar-refractivity contribution in [2.75, 3.05) is 0 Å². The zero-order chi connectivity index (χ0) is 23.5. The summed E-state index contributed by atoms with van der Waals surface area (Å²) in [6.45, 7) is 0.390. The van der Waals surface area contributed by atoms with Crippen molar-refractivity contribution in [3.8, 4) is 5.75 Å². The van der Waals surface area contributed by atoms with Crippen LogP contribution in [-0.2, 0) is 17.9 Å². The van der Waals surface area contributed by atoms with Crippen LogP contribution >= 0.6 is 56.9 Å². The predicted octanol–water partition coefficient (Wildman–Crippen LogP) is 6.99. The molecule has 2 amide bonds. The van der Waals surface area contributed by atoms with Crippen LogP contribution in [-0.4, -0.2) is 16.0 Å². The lowest BCUT2D eigenvalue weighted by atomic mass is 10.2. The molecule has 0 unspecified atom stereocenters. The highest BCUT2D eigenvalue weighted by atomic mass is 127.